The highest BCUT2D eigenvalue weighted by Crippen LogP contribution is 1.97. The molecule has 0 radical (unpaired) electrons. The summed E-state index contributed by atoms with van der Waals surface area (Å²) in [7, 11) is 1.55. The predicted molar refractivity (Wildman–Crippen MR) is 62.6 cm³/mol. The van der Waals surface area contributed by atoms with Gasteiger partial charge >= 0.3 is 5.97 Å². The van der Waals surface area contributed by atoms with Crippen LogP contribution >= 0.6 is 0 Å². The van der Waals surface area contributed by atoms with Gasteiger partial charge in [0.15, 0.2) is 0 Å². The molecular formula is C11H20N2O4. The van der Waals surface area contributed by atoms with Gasteiger partial charge in [0.2, 0.25) is 5.91 Å². The average Bonchev–Trinajstić information content (AvgIpc) is 2.24. The monoisotopic (exact) mass is 244 g/mol. The summed E-state index contributed by atoms with van der Waals surface area (Å²) >= 11 is 0. The quantitative estimate of drug-likeness (QED) is 0.493. The third-order valence-electron chi connectivity index (χ3n) is 2.33. The number of carbonyl (C=O) groups is 3. The van der Waals surface area contributed by atoms with Gasteiger partial charge in [-0.2, -0.15) is 0 Å². The zero-order chi connectivity index (χ0) is 13.3. The lowest BCUT2D eigenvalue weighted by atomic mass is 10.1. The molecule has 17 heavy (non-hydrogen) atoms. The summed E-state index contributed by atoms with van der Waals surface area (Å²) in [4.78, 5) is 32.6. The van der Waals surface area contributed by atoms with Gasteiger partial charge in [-0.25, -0.2) is 0 Å². The fraction of sp³-hybridized carbons (Fsp3) is 0.727. The zero-order valence-corrected chi connectivity index (χ0v) is 10.3. The van der Waals surface area contributed by atoms with Crippen molar-refractivity contribution in [2.45, 2.75) is 38.6 Å². The molecule has 6 nitrogen and oxygen atoms in total. The van der Waals surface area contributed by atoms with Gasteiger partial charge in [-0.1, -0.05) is 0 Å². The first kappa shape index (κ1) is 15.6. The smallest absolute Gasteiger partial charge is 0.320 e. The number of ketones is 1. The molecule has 1 amide bonds. The van der Waals surface area contributed by atoms with E-state index >= 15 is 0 Å². The van der Waals surface area contributed by atoms with Gasteiger partial charge in [-0.05, 0) is 26.8 Å². The van der Waals surface area contributed by atoms with Gasteiger partial charge in [0, 0.05) is 19.4 Å². The van der Waals surface area contributed by atoms with Crippen molar-refractivity contribution >= 4 is 17.7 Å². The van der Waals surface area contributed by atoms with E-state index in [2.05, 4.69) is 10.6 Å². The maximum absolute atomic E-state index is 11.3. The van der Waals surface area contributed by atoms with E-state index in [-0.39, 0.29) is 24.5 Å². The number of amides is 1. The number of aliphatic carboxylic acids is 1. The van der Waals surface area contributed by atoms with Crippen molar-refractivity contribution in [1.29, 1.82) is 0 Å². The maximum Gasteiger partial charge on any atom is 0.320 e. The number of hydrogen-bond acceptors (Lipinski definition) is 4. The Morgan fingerprint density at radius 1 is 1.24 bits per heavy atom. The molecule has 0 aromatic carbocycles. The lowest BCUT2D eigenvalue weighted by molar-refractivity contribution is -0.139. The minimum atomic E-state index is -0.961. The molecule has 0 aliphatic rings. The van der Waals surface area contributed by atoms with Crippen LogP contribution in [0.4, 0.5) is 0 Å². The van der Waals surface area contributed by atoms with Crippen molar-refractivity contribution in [2.75, 3.05) is 13.6 Å². The maximum atomic E-state index is 11.3. The highest BCUT2D eigenvalue weighted by molar-refractivity contribution is 5.78. The summed E-state index contributed by atoms with van der Waals surface area (Å²) in [6.07, 6.45) is 1.49. The fourth-order valence-corrected chi connectivity index (χ4v) is 1.32. The number of carboxylic acids is 1. The van der Waals surface area contributed by atoms with Crippen LogP contribution in [0, 0.1) is 0 Å². The topological polar surface area (TPSA) is 95.5 Å². The van der Waals surface area contributed by atoms with Crippen LogP contribution in [-0.4, -0.2) is 42.4 Å². The van der Waals surface area contributed by atoms with E-state index < -0.39 is 12.0 Å². The number of hydrogen-bond donors (Lipinski definition) is 3. The third-order valence-corrected chi connectivity index (χ3v) is 2.33. The Hall–Kier alpha value is -1.43. The normalized spacial score (nSPS) is 11.9. The molecule has 0 bridgehead atoms. The molecule has 1 atom stereocenters. The molecule has 0 rings (SSSR count). The van der Waals surface area contributed by atoms with Crippen molar-refractivity contribution in [3.05, 3.63) is 0 Å². The number of likely N-dealkylation sites (N-methyl/N-ethyl adjacent to an activating group) is 1. The molecule has 0 aliphatic heterocycles. The number of carboxylic acid groups (broad SMARTS) is 1. The number of Topliss-reactive ketones (excluding diaryl/α,β-unsaturated/α-hetero) is 1. The summed E-state index contributed by atoms with van der Waals surface area (Å²) in [6.45, 7) is 1.96. The lowest BCUT2D eigenvalue weighted by Crippen LogP contribution is -2.35. The molecule has 0 saturated carbocycles. The van der Waals surface area contributed by atoms with Crippen molar-refractivity contribution in [3.8, 4) is 0 Å². The van der Waals surface area contributed by atoms with Crippen LogP contribution in [-0.2, 0) is 14.4 Å². The molecule has 6 heteroatoms. The Balaban J connectivity index is 3.65. The van der Waals surface area contributed by atoms with Crippen LogP contribution in [0.25, 0.3) is 0 Å². The van der Waals surface area contributed by atoms with Crippen molar-refractivity contribution in [3.63, 3.8) is 0 Å². The Morgan fingerprint density at radius 3 is 2.35 bits per heavy atom. The average molecular weight is 244 g/mol. The van der Waals surface area contributed by atoms with Gasteiger partial charge in [-0.3, -0.25) is 9.59 Å². The molecule has 1 unspecified atom stereocenters. The molecule has 0 aliphatic carbocycles. The molecule has 3 N–H and O–H groups in total. The van der Waals surface area contributed by atoms with Gasteiger partial charge in [0.1, 0.15) is 11.8 Å². The first-order chi connectivity index (χ1) is 7.97. The van der Waals surface area contributed by atoms with Crippen LogP contribution < -0.4 is 10.6 Å². The van der Waals surface area contributed by atoms with Crippen LogP contribution in [0.1, 0.15) is 32.6 Å². The van der Waals surface area contributed by atoms with E-state index in [0.29, 0.717) is 19.4 Å². The second-order valence-corrected chi connectivity index (χ2v) is 3.87. The van der Waals surface area contributed by atoms with Crippen LogP contribution in [0.5, 0.6) is 0 Å². The molecule has 0 heterocycles. The summed E-state index contributed by atoms with van der Waals surface area (Å²) in [5.41, 5.74) is 0. The summed E-state index contributed by atoms with van der Waals surface area (Å²) in [6, 6.07) is -0.696. The van der Waals surface area contributed by atoms with E-state index in [1.807, 2.05) is 0 Å². The first-order valence-electron chi connectivity index (χ1n) is 5.63. The van der Waals surface area contributed by atoms with Crippen molar-refractivity contribution < 1.29 is 19.5 Å². The Labute approximate surface area is 101 Å². The van der Waals surface area contributed by atoms with E-state index in [4.69, 9.17) is 5.11 Å². The van der Waals surface area contributed by atoms with E-state index in [0.717, 1.165) is 0 Å². The van der Waals surface area contributed by atoms with Gasteiger partial charge < -0.3 is 20.5 Å². The lowest BCUT2D eigenvalue weighted by Gasteiger charge is -2.10. The highest BCUT2D eigenvalue weighted by Gasteiger charge is 2.15. The second-order valence-electron chi connectivity index (χ2n) is 3.87. The second kappa shape index (κ2) is 8.69. The molecule has 0 spiro atoms. The molecular weight excluding hydrogens is 224 g/mol. The van der Waals surface area contributed by atoms with E-state index in [1.54, 1.807) is 7.05 Å². The number of nitrogens with one attached hydrogen (secondary N) is 2. The van der Waals surface area contributed by atoms with Crippen molar-refractivity contribution in [2.24, 2.45) is 0 Å². The van der Waals surface area contributed by atoms with E-state index in [1.165, 1.54) is 6.92 Å². The van der Waals surface area contributed by atoms with E-state index in [9.17, 15) is 14.4 Å². The minimum Gasteiger partial charge on any atom is -0.480 e. The molecule has 0 saturated heterocycles. The summed E-state index contributed by atoms with van der Waals surface area (Å²) in [5.74, 6) is -1.05. The fourth-order valence-electron chi connectivity index (χ4n) is 1.32. The standard InChI is InChI=1S/C11H20N2O4/c1-8(14)4-3-7-13-10(15)6-5-9(12-2)11(16)17/h9,12H,3-7H2,1-2H3,(H,13,15)(H,16,17). The molecule has 98 valence electrons. The minimum absolute atomic E-state index is 0.0976. The largest absolute Gasteiger partial charge is 0.480 e. The van der Waals surface area contributed by atoms with Gasteiger partial charge in [0.05, 0.1) is 0 Å². The Morgan fingerprint density at radius 2 is 1.88 bits per heavy atom. The summed E-state index contributed by atoms with van der Waals surface area (Å²) < 4.78 is 0. The first-order valence-corrected chi connectivity index (χ1v) is 5.63. The molecule has 0 fully saturated rings. The number of carbonyl (C=O) groups excluding carboxylic acids is 2. The zero-order valence-electron chi connectivity index (χ0n) is 10.3. The summed E-state index contributed by atoms with van der Waals surface area (Å²) in [5, 5.41) is 14.0. The van der Waals surface area contributed by atoms with Crippen LogP contribution in [0.2, 0.25) is 0 Å². The number of rotatable bonds is 9. The Bertz CT molecular complexity index is 279. The van der Waals surface area contributed by atoms with Crippen molar-refractivity contribution in [1.82, 2.24) is 10.6 Å². The highest BCUT2D eigenvalue weighted by atomic mass is 16.4. The predicted octanol–water partition coefficient (Wildman–Crippen LogP) is -0.0754. The Kier molecular flexibility index (Phi) is 7.96. The molecule has 0 aromatic rings. The molecule has 0 aromatic heterocycles. The third kappa shape index (κ3) is 8.38. The van der Waals surface area contributed by atoms with Gasteiger partial charge in [-0.15, -0.1) is 0 Å². The SMILES string of the molecule is CNC(CCC(=O)NCCCC(C)=O)C(=O)O. The van der Waals surface area contributed by atoms with Crippen LogP contribution in [0.3, 0.4) is 0 Å². The van der Waals surface area contributed by atoms with Crippen LogP contribution in [0.15, 0.2) is 0 Å². The van der Waals surface area contributed by atoms with Gasteiger partial charge in [0.25, 0.3) is 0 Å².